The number of amides is 3. The number of anilines is 2. The molecule has 0 bridgehead atoms. The largest absolute Gasteiger partial charge is 0.328 e. The van der Waals surface area contributed by atoms with Crippen LogP contribution in [0.25, 0.3) is 10.9 Å². The summed E-state index contributed by atoms with van der Waals surface area (Å²) in [5.41, 5.74) is 6.27. The Labute approximate surface area is 209 Å². The van der Waals surface area contributed by atoms with E-state index in [9.17, 15) is 14.4 Å². The standard InChI is InChI=1S/C25H20BrClN4O3/c1-14-8-15(2)10-20(9-14)29-23(32)22-12-16-11-17(26)6-7-21(16)31(22)30-25(34)24(33)28-19-5-3-4-18(27)13-19/h3-13H,1-2H3,(H,28,33)(H,29,32)(H,30,34). The molecule has 172 valence electrons. The molecule has 3 amide bonds. The van der Waals surface area contributed by atoms with Gasteiger partial charge in [-0.3, -0.25) is 19.8 Å². The van der Waals surface area contributed by atoms with E-state index in [-0.39, 0.29) is 5.69 Å². The molecular formula is C25H20BrClN4O3. The zero-order chi connectivity index (χ0) is 24.4. The second-order valence-electron chi connectivity index (χ2n) is 7.80. The molecular weight excluding hydrogens is 520 g/mol. The van der Waals surface area contributed by atoms with Gasteiger partial charge in [-0.05, 0) is 79.6 Å². The van der Waals surface area contributed by atoms with Gasteiger partial charge >= 0.3 is 11.8 Å². The fourth-order valence-corrected chi connectivity index (χ4v) is 4.19. The molecule has 3 N–H and O–H groups in total. The van der Waals surface area contributed by atoms with Crippen LogP contribution >= 0.6 is 27.5 Å². The summed E-state index contributed by atoms with van der Waals surface area (Å²) < 4.78 is 2.11. The highest BCUT2D eigenvalue weighted by atomic mass is 79.9. The van der Waals surface area contributed by atoms with Crippen LogP contribution < -0.4 is 16.1 Å². The van der Waals surface area contributed by atoms with Crippen LogP contribution in [0.2, 0.25) is 5.02 Å². The average molecular weight is 540 g/mol. The first-order valence-electron chi connectivity index (χ1n) is 10.3. The van der Waals surface area contributed by atoms with E-state index in [4.69, 9.17) is 11.6 Å². The van der Waals surface area contributed by atoms with Crippen molar-refractivity contribution < 1.29 is 14.4 Å². The van der Waals surface area contributed by atoms with Crippen LogP contribution in [0, 0.1) is 13.8 Å². The topological polar surface area (TPSA) is 92.2 Å². The van der Waals surface area contributed by atoms with Gasteiger partial charge in [-0.15, -0.1) is 0 Å². The SMILES string of the molecule is Cc1cc(C)cc(NC(=O)c2cc3cc(Br)ccc3n2NC(=O)C(=O)Nc2cccc(Cl)c2)c1. The molecule has 0 saturated heterocycles. The van der Waals surface area contributed by atoms with Crippen LogP contribution in [-0.4, -0.2) is 22.4 Å². The number of halogens is 2. The van der Waals surface area contributed by atoms with Gasteiger partial charge < -0.3 is 10.6 Å². The molecule has 0 spiro atoms. The van der Waals surface area contributed by atoms with Crippen molar-refractivity contribution in [1.29, 1.82) is 0 Å². The molecule has 7 nitrogen and oxygen atoms in total. The molecule has 0 aliphatic rings. The van der Waals surface area contributed by atoms with Gasteiger partial charge in [0.05, 0.1) is 5.52 Å². The Hall–Kier alpha value is -3.62. The van der Waals surface area contributed by atoms with Gasteiger partial charge in [0.1, 0.15) is 5.69 Å². The highest BCUT2D eigenvalue weighted by molar-refractivity contribution is 9.10. The van der Waals surface area contributed by atoms with Crippen molar-refractivity contribution in [3.8, 4) is 0 Å². The number of fused-ring (bicyclic) bond motifs is 1. The summed E-state index contributed by atoms with van der Waals surface area (Å²) in [6.07, 6.45) is 0. The van der Waals surface area contributed by atoms with Crippen molar-refractivity contribution in [2.75, 3.05) is 16.1 Å². The zero-order valence-electron chi connectivity index (χ0n) is 18.3. The minimum Gasteiger partial charge on any atom is -0.321 e. The molecule has 9 heteroatoms. The number of nitrogens with zero attached hydrogens (tertiary/aromatic N) is 1. The lowest BCUT2D eigenvalue weighted by Crippen LogP contribution is -2.36. The van der Waals surface area contributed by atoms with E-state index in [2.05, 4.69) is 32.0 Å². The monoisotopic (exact) mass is 538 g/mol. The molecule has 0 atom stereocenters. The van der Waals surface area contributed by atoms with Crippen molar-refractivity contribution >= 4 is 67.5 Å². The lowest BCUT2D eigenvalue weighted by atomic mass is 10.1. The number of aromatic nitrogens is 1. The van der Waals surface area contributed by atoms with Crippen molar-refractivity contribution in [3.05, 3.63) is 93.0 Å². The minimum absolute atomic E-state index is 0.163. The number of carbonyl (C=O) groups is 3. The van der Waals surface area contributed by atoms with Crippen LogP contribution in [0.15, 0.2) is 71.2 Å². The van der Waals surface area contributed by atoms with E-state index in [1.54, 1.807) is 36.4 Å². The molecule has 0 radical (unpaired) electrons. The van der Waals surface area contributed by atoms with E-state index in [0.29, 0.717) is 27.3 Å². The molecule has 0 fully saturated rings. The highest BCUT2D eigenvalue weighted by Crippen LogP contribution is 2.24. The number of rotatable bonds is 4. The van der Waals surface area contributed by atoms with Crippen LogP contribution in [0.4, 0.5) is 11.4 Å². The second kappa shape index (κ2) is 9.70. The molecule has 4 aromatic rings. The summed E-state index contributed by atoms with van der Waals surface area (Å²) in [4.78, 5) is 38.4. The molecule has 1 aromatic heterocycles. The Morgan fingerprint density at radius 3 is 2.26 bits per heavy atom. The molecule has 0 aliphatic heterocycles. The van der Waals surface area contributed by atoms with Crippen molar-refractivity contribution in [1.82, 2.24) is 4.68 Å². The fourth-order valence-electron chi connectivity index (χ4n) is 3.62. The van der Waals surface area contributed by atoms with Gasteiger partial charge in [0.15, 0.2) is 0 Å². The summed E-state index contributed by atoms with van der Waals surface area (Å²) in [5.74, 6) is -2.28. The van der Waals surface area contributed by atoms with E-state index in [1.807, 2.05) is 38.1 Å². The first kappa shape index (κ1) is 23.5. The lowest BCUT2D eigenvalue weighted by Gasteiger charge is -2.13. The van der Waals surface area contributed by atoms with E-state index in [0.717, 1.165) is 15.6 Å². The number of nitrogens with one attached hydrogen (secondary N) is 3. The maximum Gasteiger partial charge on any atom is 0.328 e. The molecule has 0 aliphatic carbocycles. The summed E-state index contributed by atoms with van der Waals surface area (Å²) in [5, 5.41) is 6.49. The molecule has 1 heterocycles. The predicted molar refractivity (Wildman–Crippen MR) is 138 cm³/mol. The normalized spacial score (nSPS) is 10.7. The summed E-state index contributed by atoms with van der Waals surface area (Å²) in [6, 6.07) is 19.1. The molecule has 3 aromatic carbocycles. The third kappa shape index (κ3) is 5.30. The summed E-state index contributed by atoms with van der Waals surface area (Å²) in [6.45, 7) is 3.88. The zero-order valence-corrected chi connectivity index (χ0v) is 20.6. The first-order chi connectivity index (χ1) is 16.2. The van der Waals surface area contributed by atoms with Gasteiger partial charge in [0.2, 0.25) is 0 Å². The molecule has 0 unspecified atom stereocenters. The summed E-state index contributed by atoms with van der Waals surface area (Å²) in [7, 11) is 0. The smallest absolute Gasteiger partial charge is 0.321 e. The first-order valence-corrected chi connectivity index (χ1v) is 11.5. The van der Waals surface area contributed by atoms with Gasteiger partial charge in [0, 0.05) is 26.3 Å². The second-order valence-corrected chi connectivity index (χ2v) is 9.16. The quantitative estimate of drug-likeness (QED) is 0.293. The van der Waals surface area contributed by atoms with E-state index < -0.39 is 17.7 Å². The van der Waals surface area contributed by atoms with Gasteiger partial charge in [-0.25, -0.2) is 4.68 Å². The third-order valence-corrected chi connectivity index (χ3v) is 5.71. The number of hydrogen-bond acceptors (Lipinski definition) is 3. The molecule has 0 saturated carbocycles. The third-order valence-electron chi connectivity index (χ3n) is 4.98. The lowest BCUT2D eigenvalue weighted by molar-refractivity contribution is -0.133. The Kier molecular flexibility index (Phi) is 6.72. The van der Waals surface area contributed by atoms with Gasteiger partial charge in [-0.2, -0.15) is 0 Å². The van der Waals surface area contributed by atoms with Crippen LogP contribution in [0.1, 0.15) is 21.6 Å². The maximum absolute atomic E-state index is 13.2. The average Bonchev–Trinajstić information content (AvgIpc) is 3.10. The predicted octanol–water partition coefficient (Wildman–Crippen LogP) is 5.64. The Morgan fingerprint density at radius 1 is 0.824 bits per heavy atom. The maximum atomic E-state index is 13.2. The number of hydrogen-bond donors (Lipinski definition) is 3. The highest BCUT2D eigenvalue weighted by Gasteiger charge is 2.21. The number of carbonyl (C=O) groups excluding carboxylic acids is 3. The van der Waals surface area contributed by atoms with Crippen LogP contribution in [0.3, 0.4) is 0 Å². The van der Waals surface area contributed by atoms with Gasteiger partial charge in [0.25, 0.3) is 5.91 Å². The molecule has 34 heavy (non-hydrogen) atoms. The van der Waals surface area contributed by atoms with Gasteiger partial charge in [-0.1, -0.05) is 39.7 Å². The van der Waals surface area contributed by atoms with Crippen LogP contribution in [0.5, 0.6) is 0 Å². The van der Waals surface area contributed by atoms with Crippen LogP contribution in [-0.2, 0) is 9.59 Å². The Bertz CT molecular complexity index is 1430. The Morgan fingerprint density at radius 2 is 1.56 bits per heavy atom. The summed E-state index contributed by atoms with van der Waals surface area (Å²) >= 11 is 9.36. The number of aryl methyl sites for hydroxylation is 2. The van der Waals surface area contributed by atoms with E-state index >= 15 is 0 Å². The van der Waals surface area contributed by atoms with E-state index in [1.165, 1.54) is 10.7 Å². The fraction of sp³-hybridized carbons (Fsp3) is 0.0800. The van der Waals surface area contributed by atoms with Crippen molar-refractivity contribution in [2.24, 2.45) is 0 Å². The number of benzene rings is 3. The molecule has 4 rings (SSSR count). The van der Waals surface area contributed by atoms with Crippen molar-refractivity contribution in [3.63, 3.8) is 0 Å². The Balaban J connectivity index is 1.64. The minimum atomic E-state index is -0.944. The van der Waals surface area contributed by atoms with Crippen molar-refractivity contribution in [2.45, 2.75) is 13.8 Å².